The van der Waals surface area contributed by atoms with Crippen molar-refractivity contribution in [1.29, 1.82) is 0 Å². The SMILES string of the molecule is CCOc1ccc2c(c1)CCC1C2CCC2c3ccc(OC)cc3CCC21. The Morgan fingerprint density at radius 2 is 1.33 bits per heavy atom. The van der Waals surface area contributed by atoms with Crippen LogP contribution in [0.25, 0.3) is 0 Å². The Kier molecular flexibility index (Phi) is 4.38. The number of ether oxygens (including phenoxy) is 2. The van der Waals surface area contributed by atoms with Crippen LogP contribution in [-0.4, -0.2) is 13.7 Å². The van der Waals surface area contributed by atoms with E-state index in [0.717, 1.165) is 41.8 Å². The average Bonchev–Trinajstić information content (AvgIpc) is 2.72. The van der Waals surface area contributed by atoms with Crippen LogP contribution in [0.5, 0.6) is 11.5 Å². The van der Waals surface area contributed by atoms with Crippen molar-refractivity contribution in [2.75, 3.05) is 13.7 Å². The summed E-state index contributed by atoms with van der Waals surface area (Å²) in [6.07, 6.45) is 7.79. The molecule has 4 unspecified atom stereocenters. The molecule has 5 rings (SSSR count). The van der Waals surface area contributed by atoms with Crippen LogP contribution in [0.2, 0.25) is 0 Å². The summed E-state index contributed by atoms with van der Waals surface area (Å²) in [5.74, 6) is 5.27. The van der Waals surface area contributed by atoms with Gasteiger partial charge in [-0.05, 0) is 116 Å². The monoisotopic (exact) mass is 362 g/mol. The van der Waals surface area contributed by atoms with E-state index < -0.39 is 0 Å². The predicted molar refractivity (Wildman–Crippen MR) is 109 cm³/mol. The summed E-state index contributed by atoms with van der Waals surface area (Å²) in [5.41, 5.74) is 6.31. The van der Waals surface area contributed by atoms with Crippen LogP contribution in [0, 0.1) is 11.8 Å². The van der Waals surface area contributed by atoms with Gasteiger partial charge >= 0.3 is 0 Å². The van der Waals surface area contributed by atoms with E-state index in [0.29, 0.717) is 0 Å². The smallest absolute Gasteiger partial charge is 0.119 e. The third kappa shape index (κ3) is 2.85. The normalized spacial score (nSPS) is 28.4. The molecule has 3 aliphatic carbocycles. The summed E-state index contributed by atoms with van der Waals surface area (Å²) in [7, 11) is 1.77. The van der Waals surface area contributed by atoms with Gasteiger partial charge in [-0.25, -0.2) is 0 Å². The summed E-state index contributed by atoms with van der Waals surface area (Å²) >= 11 is 0. The van der Waals surface area contributed by atoms with Crippen LogP contribution in [0.1, 0.15) is 66.7 Å². The lowest BCUT2D eigenvalue weighted by Crippen LogP contribution is -2.38. The second-order valence-corrected chi connectivity index (χ2v) is 8.55. The molecule has 2 aromatic rings. The van der Waals surface area contributed by atoms with Gasteiger partial charge in [-0.2, -0.15) is 0 Å². The maximum Gasteiger partial charge on any atom is 0.119 e. The van der Waals surface area contributed by atoms with Crippen LogP contribution < -0.4 is 9.47 Å². The summed E-state index contributed by atoms with van der Waals surface area (Å²) in [6, 6.07) is 13.7. The first-order valence-electron chi connectivity index (χ1n) is 10.7. The number of rotatable bonds is 3. The van der Waals surface area contributed by atoms with E-state index in [9.17, 15) is 0 Å². The Hall–Kier alpha value is -1.96. The average molecular weight is 363 g/mol. The van der Waals surface area contributed by atoms with Gasteiger partial charge in [0.15, 0.2) is 0 Å². The Morgan fingerprint density at radius 1 is 0.778 bits per heavy atom. The fourth-order valence-corrected chi connectivity index (χ4v) is 6.34. The van der Waals surface area contributed by atoms with Gasteiger partial charge in [-0.1, -0.05) is 12.1 Å². The summed E-state index contributed by atoms with van der Waals surface area (Å²) in [6.45, 7) is 2.81. The standard InChI is InChI=1S/C25H30O2/c1-3-27-19-7-11-21-17(15-19)5-9-25-23(21)13-12-22-20-10-6-18(26-2)14-16(20)4-8-24(22)25/h6-7,10-11,14-15,22-25H,3-5,8-9,12-13H2,1-2H3. The second-order valence-electron chi connectivity index (χ2n) is 8.55. The lowest BCUT2D eigenvalue weighted by Gasteiger charge is -2.49. The molecule has 27 heavy (non-hydrogen) atoms. The Balaban J connectivity index is 1.43. The lowest BCUT2D eigenvalue weighted by atomic mass is 9.56. The molecular weight excluding hydrogens is 332 g/mol. The highest BCUT2D eigenvalue weighted by Gasteiger charge is 2.44. The lowest BCUT2D eigenvalue weighted by molar-refractivity contribution is 0.136. The highest BCUT2D eigenvalue weighted by atomic mass is 16.5. The van der Waals surface area contributed by atoms with Gasteiger partial charge in [0, 0.05) is 0 Å². The van der Waals surface area contributed by atoms with Crippen LogP contribution in [0.3, 0.4) is 0 Å². The molecule has 3 aliphatic rings. The van der Waals surface area contributed by atoms with Gasteiger partial charge < -0.3 is 9.47 Å². The third-order valence-electron chi connectivity index (χ3n) is 7.44. The Bertz CT molecular complexity index is 840. The molecule has 0 radical (unpaired) electrons. The fourth-order valence-electron chi connectivity index (χ4n) is 6.34. The highest BCUT2D eigenvalue weighted by molar-refractivity contribution is 5.43. The van der Waals surface area contributed by atoms with Gasteiger partial charge in [0.05, 0.1) is 13.7 Å². The second kappa shape index (κ2) is 6.89. The molecule has 0 aromatic heterocycles. The number of hydrogen-bond donors (Lipinski definition) is 0. The minimum absolute atomic E-state index is 0.749. The van der Waals surface area contributed by atoms with Gasteiger partial charge in [0.1, 0.15) is 11.5 Å². The Morgan fingerprint density at radius 3 is 1.89 bits per heavy atom. The van der Waals surface area contributed by atoms with Crippen LogP contribution in [0.15, 0.2) is 36.4 Å². The van der Waals surface area contributed by atoms with E-state index in [2.05, 4.69) is 43.3 Å². The predicted octanol–water partition coefficient (Wildman–Crippen LogP) is 5.88. The zero-order valence-corrected chi connectivity index (χ0v) is 16.5. The summed E-state index contributed by atoms with van der Waals surface area (Å²) in [5, 5.41) is 0. The Labute approximate surface area is 162 Å². The molecule has 1 saturated carbocycles. The van der Waals surface area contributed by atoms with Crippen LogP contribution in [0.4, 0.5) is 0 Å². The topological polar surface area (TPSA) is 18.5 Å². The number of benzene rings is 2. The zero-order chi connectivity index (χ0) is 18.4. The maximum absolute atomic E-state index is 5.74. The van der Waals surface area contributed by atoms with E-state index >= 15 is 0 Å². The molecule has 0 amide bonds. The molecule has 142 valence electrons. The molecule has 0 N–H and O–H groups in total. The van der Waals surface area contributed by atoms with Crippen molar-refractivity contribution >= 4 is 0 Å². The van der Waals surface area contributed by atoms with E-state index in [1.165, 1.54) is 44.1 Å². The van der Waals surface area contributed by atoms with Gasteiger partial charge in [0.25, 0.3) is 0 Å². The first kappa shape index (κ1) is 17.2. The van der Waals surface area contributed by atoms with Crippen LogP contribution in [-0.2, 0) is 12.8 Å². The van der Waals surface area contributed by atoms with Crippen molar-refractivity contribution in [3.63, 3.8) is 0 Å². The number of hydrogen-bond acceptors (Lipinski definition) is 2. The highest BCUT2D eigenvalue weighted by Crippen LogP contribution is 2.56. The molecule has 1 fully saturated rings. The molecule has 2 aromatic carbocycles. The molecule has 2 nitrogen and oxygen atoms in total. The van der Waals surface area contributed by atoms with E-state index in [-0.39, 0.29) is 0 Å². The first-order chi connectivity index (χ1) is 13.3. The van der Waals surface area contributed by atoms with Crippen molar-refractivity contribution in [2.45, 2.75) is 57.3 Å². The largest absolute Gasteiger partial charge is 0.497 e. The molecule has 0 aliphatic heterocycles. The minimum atomic E-state index is 0.749. The van der Waals surface area contributed by atoms with Crippen molar-refractivity contribution in [3.05, 3.63) is 58.7 Å². The summed E-state index contributed by atoms with van der Waals surface area (Å²) < 4.78 is 11.2. The van der Waals surface area contributed by atoms with Crippen molar-refractivity contribution < 1.29 is 9.47 Å². The first-order valence-corrected chi connectivity index (χ1v) is 10.7. The third-order valence-corrected chi connectivity index (χ3v) is 7.44. The molecule has 2 heteroatoms. The molecule has 4 atom stereocenters. The molecular formula is C25H30O2. The van der Waals surface area contributed by atoms with Crippen LogP contribution >= 0.6 is 0 Å². The van der Waals surface area contributed by atoms with Gasteiger partial charge in [-0.15, -0.1) is 0 Å². The minimum Gasteiger partial charge on any atom is -0.497 e. The maximum atomic E-state index is 5.74. The molecule has 0 saturated heterocycles. The number of aryl methyl sites for hydroxylation is 2. The molecule has 0 heterocycles. The molecule has 0 bridgehead atoms. The van der Waals surface area contributed by atoms with Gasteiger partial charge in [-0.3, -0.25) is 0 Å². The molecule has 0 spiro atoms. The quantitative estimate of drug-likeness (QED) is 0.679. The fraction of sp³-hybridized carbons (Fsp3) is 0.520. The van der Waals surface area contributed by atoms with Crippen molar-refractivity contribution in [1.82, 2.24) is 0 Å². The van der Waals surface area contributed by atoms with E-state index in [4.69, 9.17) is 9.47 Å². The van der Waals surface area contributed by atoms with Crippen molar-refractivity contribution in [2.24, 2.45) is 11.8 Å². The number of fused-ring (bicyclic) bond motifs is 7. The zero-order valence-electron chi connectivity index (χ0n) is 16.5. The number of methoxy groups -OCH3 is 1. The van der Waals surface area contributed by atoms with E-state index in [1.807, 2.05) is 0 Å². The van der Waals surface area contributed by atoms with Gasteiger partial charge in [0.2, 0.25) is 0 Å². The van der Waals surface area contributed by atoms with E-state index in [1.54, 1.807) is 23.8 Å². The summed E-state index contributed by atoms with van der Waals surface area (Å²) in [4.78, 5) is 0. The van der Waals surface area contributed by atoms with Crippen molar-refractivity contribution in [3.8, 4) is 11.5 Å².